The van der Waals surface area contributed by atoms with E-state index >= 15 is 0 Å². The smallest absolute Gasteiger partial charge is 0.166 e. The maximum atomic E-state index is 12.2. The van der Waals surface area contributed by atoms with Gasteiger partial charge >= 0.3 is 0 Å². The van der Waals surface area contributed by atoms with Gasteiger partial charge in [-0.1, -0.05) is 40.2 Å². The fourth-order valence-electron chi connectivity index (χ4n) is 2.60. The van der Waals surface area contributed by atoms with Crippen molar-refractivity contribution in [2.24, 2.45) is 5.92 Å². The Bertz CT molecular complexity index is 619. The number of rotatable bonds is 4. The Balaban J connectivity index is 1.56. The maximum Gasteiger partial charge on any atom is 0.166 e. The molecule has 2 aromatic rings. The zero-order valence-electron chi connectivity index (χ0n) is 11.0. The van der Waals surface area contributed by atoms with E-state index in [1.165, 1.54) is 5.56 Å². The number of hydrogen-bond donors (Lipinski definition) is 0. The molecule has 102 valence electrons. The second-order valence-electron chi connectivity index (χ2n) is 5.01. The van der Waals surface area contributed by atoms with Gasteiger partial charge in [0.05, 0.1) is 6.61 Å². The molecular weight excluding hydrogens is 316 g/mol. The summed E-state index contributed by atoms with van der Waals surface area (Å²) in [7, 11) is 0. The lowest BCUT2D eigenvalue weighted by molar-refractivity contribution is 0.0918. The molecule has 0 N–H and O–H groups in total. The quantitative estimate of drug-likeness (QED) is 0.836. The Morgan fingerprint density at radius 2 is 1.85 bits per heavy atom. The van der Waals surface area contributed by atoms with Gasteiger partial charge in [0.1, 0.15) is 5.75 Å². The number of ether oxygens (including phenoxy) is 1. The van der Waals surface area contributed by atoms with E-state index in [2.05, 4.69) is 15.9 Å². The number of carbonyl (C=O) groups is 1. The summed E-state index contributed by atoms with van der Waals surface area (Å²) in [6.07, 6.45) is 1.61. The first-order valence-corrected chi connectivity index (χ1v) is 7.54. The summed E-state index contributed by atoms with van der Waals surface area (Å²) < 4.78 is 6.73. The van der Waals surface area contributed by atoms with Crippen LogP contribution in [0.2, 0.25) is 0 Å². The summed E-state index contributed by atoms with van der Waals surface area (Å²) in [5.74, 6) is 1.18. The van der Waals surface area contributed by atoms with Crippen LogP contribution in [0.3, 0.4) is 0 Å². The van der Waals surface area contributed by atoms with Crippen LogP contribution in [0.15, 0.2) is 53.0 Å². The molecule has 0 amide bonds. The van der Waals surface area contributed by atoms with Crippen LogP contribution in [0, 0.1) is 5.92 Å². The van der Waals surface area contributed by atoms with E-state index in [1.807, 2.05) is 48.5 Å². The summed E-state index contributed by atoms with van der Waals surface area (Å²) in [6, 6.07) is 15.6. The van der Waals surface area contributed by atoms with Crippen LogP contribution in [-0.2, 0) is 6.42 Å². The summed E-state index contributed by atoms with van der Waals surface area (Å²) in [5.41, 5.74) is 2.06. The largest absolute Gasteiger partial charge is 0.494 e. The van der Waals surface area contributed by atoms with Crippen molar-refractivity contribution in [1.82, 2.24) is 0 Å². The highest BCUT2D eigenvalue weighted by molar-refractivity contribution is 9.10. The molecule has 0 fully saturated rings. The number of halogens is 1. The number of ketones is 1. The van der Waals surface area contributed by atoms with Gasteiger partial charge in [0.15, 0.2) is 5.78 Å². The van der Waals surface area contributed by atoms with Crippen LogP contribution >= 0.6 is 15.9 Å². The van der Waals surface area contributed by atoms with Gasteiger partial charge in [-0.05, 0) is 42.7 Å². The van der Waals surface area contributed by atoms with Crippen LogP contribution in [0.4, 0.5) is 0 Å². The third-order valence-corrected chi connectivity index (χ3v) is 4.20. The molecular formula is C17H15BrO2. The van der Waals surface area contributed by atoms with Crippen molar-refractivity contribution in [3.8, 4) is 5.75 Å². The highest BCUT2D eigenvalue weighted by Crippen LogP contribution is 2.28. The lowest BCUT2D eigenvalue weighted by Gasteiger charge is -2.09. The topological polar surface area (TPSA) is 26.3 Å². The highest BCUT2D eigenvalue weighted by Gasteiger charge is 2.29. The third-order valence-electron chi connectivity index (χ3n) is 3.67. The number of benzene rings is 2. The van der Waals surface area contributed by atoms with Gasteiger partial charge in [-0.3, -0.25) is 4.79 Å². The molecule has 1 unspecified atom stereocenters. The summed E-state index contributed by atoms with van der Waals surface area (Å²) >= 11 is 3.39. The molecule has 1 aliphatic carbocycles. The molecule has 0 aromatic heterocycles. The van der Waals surface area contributed by atoms with E-state index in [4.69, 9.17) is 4.74 Å². The molecule has 20 heavy (non-hydrogen) atoms. The van der Waals surface area contributed by atoms with Crippen molar-refractivity contribution in [2.45, 2.75) is 12.8 Å². The van der Waals surface area contributed by atoms with Crippen molar-refractivity contribution in [2.75, 3.05) is 6.61 Å². The van der Waals surface area contributed by atoms with Gasteiger partial charge in [0.2, 0.25) is 0 Å². The number of carbonyl (C=O) groups excluding carboxylic acids is 1. The molecule has 0 bridgehead atoms. The standard InChI is InChI=1S/C17H15BrO2/c18-14-5-7-15(8-6-14)20-10-9-13-11-12-3-1-2-4-16(12)17(13)19/h1-8,13H,9-11H2. The second-order valence-corrected chi connectivity index (χ2v) is 5.93. The van der Waals surface area contributed by atoms with Crippen molar-refractivity contribution in [1.29, 1.82) is 0 Å². The van der Waals surface area contributed by atoms with Crippen molar-refractivity contribution < 1.29 is 9.53 Å². The van der Waals surface area contributed by atoms with Gasteiger partial charge in [0.25, 0.3) is 0 Å². The molecule has 0 saturated carbocycles. The van der Waals surface area contributed by atoms with Crippen LogP contribution in [0.5, 0.6) is 5.75 Å². The minimum Gasteiger partial charge on any atom is -0.494 e. The zero-order chi connectivity index (χ0) is 13.9. The molecule has 0 saturated heterocycles. The fourth-order valence-corrected chi connectivity index (χ4v) is 2.86. The molecule has 0 spiro atoms. The first kappa shape index (κ1) is 13.4. The summed E-state index contributed by atoms with van der Waals surface area (Å²) in [4.78, 5) is 12.2. The van der Waals surface area contributed by atoms with E-state index in [0.29, 0.717) is 6.61 Å². The Morgan fingerprint density at radius 3 is 2.60 bits per heavy atom. The Kier molecular flexibility index (Phi) is 3.88. The summed E-state index contributed by atoms with van der Waals surface area (Å²) in [5, 5.41) is 0. The van der Waals surface area contributed by atoms with Crippen LogP contribution in [-0.4, -0.2) is 12.4 Å². The third kappa shape index (κ3) is 2.78. The lowest BCUT2D eigenvalue weighted by Crippen LogP contribution is -2.13. The van der Waals surface area contributed by atoms with E-state index < -0.39 is 0 Å². The van der Waals surface area contributed by atoms with Crippen LogP contribution in [0.25, 0.3) is 0 Å². The van der Waals surface area contributed by atoms with Gasteiger partial charge in [-0.15, -0.1) is 0 Å². The first-order chi connectivity index (χ1) is 9.74. The molecule has 2 aromatic carbocycles. The zero-order valence-corrected chi connectivity index (χ0v) is 12.6. The average Bonchev–Trinajstić information content (AvgIpc) is 2.78. The normalized spacial score (nSPS) is 17.1. The lowest BCUT2D eigenvalue weighted by atomic mass is 10.0. The number of fused-ring (bicyclic) bond motifs is 1. The average molecular weight is 331 g/mol. The van der Waals surface area contributed by atoms with Crippen molar-refractivity contribution >= 4 is 21.7 Å². The van der Waals surface area contributed by atoms with Gasteiger partial charge in [-0.2, -0.15) is 0 Å². The van der Waals surface area contributed by atoms with Crippen molar-refractivity contribution in [3.05, 3.63) is 64.1 Å². The molecule has 0 radical (unpaired) electrons. The SMILES string of the molecule is O=C1c2ccccc2CC1CCOc1ccc(Br)cc1. The molecule has 2 nitrogen and oxygen atoms in total. The van der Waals surface area contributed by atoms with E-state index in [1.54, 1.807) is 0 Å². The molecule has 0 heterocycles. The fraction of sp³-hybridized carbons (Fsp3) is 0.235. The summed E-state index contributed by atoms with van der Waals surface area (Å²) in [6.45, 7) is 0.575. The monoisotopic (exact) mass is 330 g/mol. The van der Waals surface area contributed by atoms with Gasteiger partial charge in [-0.25, -0.2) is 0 Å². The minimum absolute atomic E-state index is 0.0721. The maximum absolute atomic E-state index is 12.2. The van der Waals surface area contributed by atoms with E-state index in [0.717, 1.165) is 28.6 Å². The Morgan fingerprint density at radius 1 is 1.10 bits per heavy atom. The minimum atomic E-state index is 0.0721. The predicted octanol–water partition coefficient (Wildman–Crippen LogP) is 4.27. The van der Waals surface area contributed by atoms with Crippen LogP contribution in [0.1, 0.15) is 22.3 Å². The first-order valence-electron chi connectivity index (χ1n) is 6.74. The molecule has 0 aliphatic heterocycles. The predicted molar refractivity (Wildman–Crippen MR) is 82.2 cm³/mol. The Hall–Kier alpha value is -1.61. The number of Topliss-reactive ketones (excluding diaryl/α,β-unsaturated/α-hetero) is 1. The van der Waals surface area contributed by atoms with Crippen LogP contribution < -0.4 is 4.74 Å². The Labute approximate surface area is 126 Å². The van der Waals surface area contributed by atoms with E-state index in [9.17, 15) is 4.79 Å². The molecule has 3 heteroatoms. The second kappa shape index (κ2) is 5.80. The number of hydrogen-bond acceptors (Lipinski definition) is 2. The molecule has 3 rings (SSSR count). The highest BCUT2D eigenvalue weighted by atomic mass is 79.9. The molecule has 1 aliphatic rings. The van der Waals surface area contributed by atoms with Crippen molar-refractivity contribution in [3.63, 3.8) is 0 Å². The van der Waals surface area contributed by atoms with Gasteiger partial charge < -0.3 is 4.74 Å². The van der Waals surface area contributed by atoms with Gasteiger partial charge in [0, 0.05) is 16.0 Å². The van der Waals surface area contributed by atoms with E-state index in [-0.39, 0.29) is 11.7 Å². The molecule has 1 atom stereocenters.